The fraction of sp³-hybridized carbons (Fsp3) is 0.706. The third-order valence-electron chi connectivity index (χ3n) is 5.11. The Labute approximate surface area is 139 Å². The quantitative estimate of drug-likeness (QED) is 0.798. The Morgan fingerprint density at radius 2 is 1.78 bits per heavy atom. The summed E-state index contributed by atoms with van der Waals surface area (Å²) in [4.78, 5) is 6.87. The van der Waals surface area contributed by atoms with Crippen LogP contribution in [0.15, 0.2) is 12.3 Å². The van der Waals surface area contributed by atoms with Crippen LogP contribution >= 0.6 is 0 Å². The third kappa shape index (κ3) is 3.06. The van der Waals surface area contributed by atoms with Gasteiger partial charge in [0, 0.05) is 24.7 Å². The first kappa shape index (κ1) is 16.6. The van der Waals surface area contributed by atoms with Crippen LogP contribution in [-0.2, 0) is 9.31 Å². The molecule has 23 heavy (non-hydrogen) atoms. The van der Waals surface area contributed by atoms with Gasteiger partial charge in [-0.05, 0) is 53.5 Å². The normalized spacial score (nSPS) is 22.7. The van der Waals surface area contributed by atoms with E-state index < -0.39 is 0 Å². The second-order valence-electron chi connectivity index (χ2n) is 7.31. The molecule has 0 saturated carbocycles. The van der Waals surface area contributed by atoms with Crippen LogP contribution in [0.2, 0.25) is 0 Å². The van der Waals surface area contributed by atoms with Crippen LogP contribution in [0.1, 0.15) is 47.5 Å². The standard InChI is InChI=1S/C17H27BN2O3/c1-6-21-15-14(20-9-7-8-10-20)11-13(12-19-15)18-22-16(2,3)17(4,5)23-18/h11-12H,6-10H2,1-5H3. The van der Waals surface area contributed by atoms with Gasteiger partial charge in [0.2, 0.25) is 5.88 Å². The highest BCUT2D eigenvalue weighted by atomic mass is 16.7. The summed E-state index contributed by atoms with van der Waals surface area (Å²) in [7, 11) is -0.385. The van der Waals surface area contributed by atoms with Gasteiger partial charge in [0.25, 0.3) is 0 Å². The molecule has 0 unspecified atom stereocenters. The van der Waals surface area contributed by atoms with Gasteiger partial charge in [-0.2, -0.15) is 0 Å². The topological polar surface area (TPSA) is 43.8 Å². The number of pyridine rings is 1. The Morgan fingerprint density at radius 1 is 1.17 bits per heavy atom. The lowest BCUT2D eigenvalue weighted by molar-refractivity contribution is 0.00578. The Morgan fingerprint density at radius 3 is 2.35 bits per heavy atom. The van der Waals surface area contributed by atoms with Crippen molar-refractivity contribution in [2.45, 2.75) is 58.7 Å². The summed E-state index contributed by atoms with van der Waals surface area (Å²) in [6.45, 7) is 13.0. The van der Waals surface area contributed by atoms with Gasteiger partial charge in [0.05, 0.1) is 23.5 Å². The highest BCUT2D eigenvalue weighted by Crippen LogP contribution is 2.37. The van der Waals surface area contributed by atoms with Crippen LogP contribution in [0.4, 0.5) is 5.69 Å². The van der Waals surface area contributed by atoms with Crippen LogP contribution in [0, 0.1) is 0 Å². The van der Waals surface area contributed by atoms with Gasteiger partial charge in [-0.1, -0.05) is 0 Å². The van der Waals surface area contributed by atoms with Crippen molar-refractivity contribution in [3.05, 3.63) is 12.3 Å². The molecular weight excluding hydrogens is 291 g/mol. The van der Waals surface area contributed by atoms with E-state index in [0.717, 1.165) is 24.2 Å². The molecule has 0 aromatic carbocycles. The minimum Gasteiger partial charge on any atom is -0.476 e. The van der Waals surface area contributed by atoms with Gasteiger partial charge in [-0.3, -0.25) is 0 Å². The number of nitrogens with zero attached hydrogens (tertiary/aromatic N) is 2. The van der Waals surface area contributed by atoms with Crippen LogP contribution in [0.3, 0.4) is 0 Å². The van der Waals surface area contributed by atoms with E-state index in [1.807, 2.05) is 13.1 Å². The van der Waals surface area contributed by atoms with Crippen molar-refractivity contribution in [3.8, 4) is 5.88 Å². The fourth-order valence-corrected chi connectivity index (χ4v) is 3.00. The second-order valence-corrected chi connectivity index (χ2v) is 7.31. The Bertz CT molecular complexity index is 555. The molecule has 0 amide bonds. The minimum atomic E-state index is -0.385. The maximum absolute atomic E-state index is 6.15. The molecule has 2 aliphatic heterocycles. The smallest absolute Gasteiger partial charge is 0.476 e. The first-order valence-corrected chi connectivity index (χ1v) is 8.57. The Hall–Kier alpha value is -1.27. The van der Waals surface area contributed by atoms with E-state index >= 15 is 0 Å². The predicted octanol–water partition coefficient (Wildman–Crippen LogP) is 2.38. The molecule has 2 fully saturated rings. The Balaban J connectivity index is 1.90. The van der Waals surface area contributed by atoms with Gasteiger partial charge in [0.15, 0.2) is 0 Å². The third-order valence-corrected chi connectivity index (χ3v) is 5.11. The second kappa shape index (κ2) is 5.98. The minimum absolute atomic E-state index is 0.343. The summed E-state index contributed by atoms with van der Waals surface area (Å²) >= 11 is 0. The number of hydrogen-bond donors (Lipinski definition) is 0. The molecule has 6 heteroatoms. The number of anilines is 1. The van der Waals surface area contributed by atoms with Crippen LogP contribution in [0.25, 0.3) is 0 Å². The molecule has 126 valence electrons. The average molecular weight is 318 g/mol. The molecule has 1 aromatic rings. The van der Waals surface area contributed by atoms with Crippen LogP contribution in [0.5, 0.6) is 5.88 Å². The van der Waals surface area contributed by atoms with Crippen LogP contribution < -0.4 is 15.1 Å². The molecule has 2 aliphatic rings. The van der Waals surface area contributed by atoms with E-state index in [1.165, 1.54) is 12.8 Å². The zero-order valence-corrected chi connectivity index (χ0v) is 14.9. The number of hydrogen-bond acceptors (Lipinski definition) is 5. The lowest BCUT2D eigenvalue weighted by atomic mass is 9.80. The zero-order chi connectivity index (χ0) is 16.7. The highest BCUT2D eigenvalue weighted by Gasteiger charge is 2.52. The number of rotatable bonds is 4. The van der Waals surface area contributed by atoms with E-state index in [4.69, 9.17) is 14.0 Å². The number of ether oxygens (including phenoxy) is 1. The van der Waals surface area contributed by atoms with Crippen molar-refractivity contribution >= 4 is 18.3 Å². The first-order chi connectivity index (χ1) is 10.8. The SMILES string of the molecule is CCOc1ncc(B2OC(C)(C)C(C)(C)O2)cc1N1CCCC1. The molecule has 5 nitrogen and oxygen atoms in total. The molecule has 0 aliphatic carbocycles. The van der Waals surface area contributed by atoms with E-state index in [9.17, 15) is 0 Å². The van der Waals surface area contributed by atoms with Gasteiger partial charge >= 0.3 is 7.12 Å². The molecule has 1 aromatic heterocycles. The highest BCUT2D eigenvalue weighted by molar-refractivity contribution is 6.62. The van der Waals surface area contributed by atoms with Gasteiger partial charge in [-0.25, -0.2) is 4.98 Å². The summed E-state index contributed by atoms with van der Waals surface area (Å²) in [5.74, 6) is 0.703. The maximum atomic E-state index is 6.15. The lowest BCUT2D eigenvalue weighted by Crippen LogP contribution is -2.41. The molecule has 3 rings (SSSR count). The van der Waals surface area contributed by atoms with Crippen molar-refractivity contribution in [3.63, 3.8) is 0 Å². The summed E-state index contributed by atoms with van der Waals surface area (Å²) < 4.78 is 18.0. The van der Waals surface area contributed by atoms with Crippen molar-refractivity contribution in [2.24, 2.45) is 0 Å². The van der Waals surface area contributed by atoms with Crippen LogP contribution in [-0.4, -0.2) is 43.0 Å². The molecule has 0 N–H and O–H groups in total. The first-order valence-electron chi connectivity index (χ1n) is 8.57. The summed E-state index contributed by atoms with van der Waals surface area (Å²) in [5.41, 5.74) is 1.32. The molecule has 0 bridgehead atoms. The maximum Gasteiger partial charge on any atom is 0.496 e. The summed E-state index contributed by atoms with van der Waals surface area (Å²) in [6.07, 6.45) is 4.24. The zero-order valence-electron chi connectivity index (χ0n) is 14.9. The average Bonchev–Trinajstić information content (AvgIpc) is 3.07. The van der Waals surface area contributed by atoms with Crippen molar-refractivity contribution in [1.29, 1.82) is 0 Å². The monoisotopic (exact) mass is 318 g/mol. The van der Waals surface area contributed by atoms with Gasteiger partial charge in [0.1, 0.15) is 0 Å². The Kier molecular flexibility index (Phi) is 4.32. The van der Waals surface area contributed by atoms with Crippen molar-refractivity contribution < 1.29 is 14.0 Å². The molecule has 0 radical (unpaired) electrons. The van der Waals surface area contributed by atoms with Gasteiger partial charge in [-0.15, -0.1) is 0 Å². The summed E-state index contributed by atoms with van der Waals surface area (Å²) in [6, 6.07) is 2.12. The largest absolute Gasteiger partial charge is 0.496 e. The van der Waals surface area contributed by atoms with Crippen molar-refractivity contribution in [2.75, 3.05) is 24.6 Å². The van der Waals surface area contributed by atoms with Crippen molar-refractivity contribution in [1.82, 2.24) is 4.98 Å². The summed E-state index contributed by atoms with van der Waals surface area (Å²) in [5, 5.41) is 0. The molecular formula is C17H27BN2O3. The molecule has 2 saturated heterocycles. The van der Waals surface area contributed by atoms with E-state index in [2.05, 4.69) is 43.6 Å². The molecule has 0 spiro atoms. The van der Waals surface area contributed by atoms with E-state index in [1.54, 1.807) is 0 Å². The van der Waals surface area contributed by atoms with E-state index in [-0.39, 0.29) is 18.3 Å². The lowest BCUT2D eigenvalue weighted by Gasteiger charge is -2.32. The molecule has 0 atom stereocenters. The number of aromatic nitrogens is 1. The molecule has 3 heterocycles. The van der Waals surface area contributed by atoms with E-state index in [0.29, 0.717) is 12.5 Å². The predicted molar refractivity (Wildman–Crippen MR) is 92.6 cm³/mol. The van der Waals surface area contributed by atoms with Gasteiger partial charge < -0.3 is 18.9 Å². The fourth-order valence-electron chi connectivity index (χ4n) is 3.00.